The molecule has 0 spiro atoms. The fourth-order valence-electron chi connectivity index (χ4n) is 2.49. The van der Waals surface area contributed by atoms with Crippen LogP contribution < -0.4 is 0 Å². The van der Waals surface area contributed by atoms with Crippen LogP contribution in [0.25, 0.3) is 22.0 Å². The van der Waals surface area contributed by atoms with Crippen LogP contribution in [-0.4, -0.2) is 17.6 Å². The lowest BCUT2D eigenvalue weighted by atomic mass is 9.98. The van der Waals surface area contributed by atoms with Crippen LogP contribution in [0.15, 0.2) is 42.6 Å². The Morgan fingerprint density at radius 3 is 2.50 bits per heavy atom. The number of fused-ring (bicyclic) bond motifs is 1. The summed E-state index contributed by atoms with van der Waals surface area (Å²) >= 11 is 0. The van der Waals surface area contributed by atoms with E-state index in [0.29, 0.717) is 23.0 Å². The first-order valence-corrected chi connectivity index (χ1v) is 7.22. The van der Waals surface area contributed by atoms with E-state index in [1.54, 1.807) is 19.1 Å². The molecule has 0 aliphatic carbocycles. The number of aromatic nitrogens is 1. The highest BCUT2D eigenvalue weighted by Gasteiger charge is 2.17. The molecule has 2 aromatic carbocycles. The summed E-state index contributed by atoms with van der Waals surface area (Å²) in [5.74, 6) is -3.64. The fraction of sp³-hybridized carbons (Fsp3) is 0.111. The lowest BCUT2D eigenvalue weighted by Crippen LogP contribution is -2.05. The molecular formula is C18H12F3NO2. The Bertz CT molecular complexity index is 918. The number of hydrogen-bond acceptors (Lipinski definition) is 3. The third-order valence-corrected chi connectivity index (χ3v) is 3.51. The minimum Gasteiger partial charge on any atom is -0.462 e. The number of rotatable bonds is 3. The van der Waals surface area contributed by atoms with Crippen molar-refractivity contribution in [3.05, 3.63) is 65.6 Å². The van der Waals surface area contributed by atoms with E-state index in [-0.39, 0.29) is 23.3 Å². The molecule has 122 valence electrons. The normalized spacial score (nSPS) is 10.8. The number of carbonyl (C=O) groups is 1. The van der Waals surface area contributed by atoms with Gasteiger partial charge in [0.1, 0.15) is 17.5 Å². The minimum absolute atomic E-state index is 0.166. The van der Waals surface area contributed by atoms with E-state index in [4.69, 9.17) is 4.74 Å². The van der Waals surface area contributed by atoms with Crippen molar-refractivity contribution >= 4 is 16.9 Å². The monoisotopic (exact) mass is 331 g/mol. The van der Waals surface area contributed by atoms with Gasteiger partial charge >= 0.3 is 5.97 Å². The highest BCUT2D eigenvalue weighted by molar-refractivity contribution is 5.99. The third-order valence-electron chi connectivity index (χ3n) is 3.51. The van der Waals surface area contributed by atoms with Crippen LogP contribution in [0.4, 0.5) is 13.2 Å². The molecule has 0 amide bonds. The summed E-state index contributed by atoms with van der Waals surface area (Å²) in [6, 6.07) is 7.39. The molecule has 0 atom stereocenters. The number of carbonyl (C=O) groups excluding carboxylic acids is 1. The average molecular weight is 331 g/mol. The van der Waals surface area contributed by atoms with E-state index in [0.717, 1.165) is 0 Å². The van der Waals surface area contributed by atoms with Crippen LogP contribution in [-0.2, 0) is 4.74 Å². The van der Waals surface area contributed by atoms with Crippen molar-refractivity contribution in [1.29, 1.82) is 0 Å². The molecule has 0 bridgehead atoms. The van der Waals surface area contributed by atoms with Crippen molar-refractivity contribution in [1.82, 2.24) is 4.98 Å². The van der Waals surface area contributed by atoms with Crippen molar-refractivity contribution in [2.24, 2.45) is 0 Å². The van der Waals surface area contributed by atoms with Crippen LogP contribution >= 0.6 is 0 Å². The van der Waals surface area contributed by atoms with Crippen molar-refractivity contribution in [2.75, 3.05) is 6.61 Å². The van der Waals surface area contributed by atoms with Crippen molar-refractivity contribution in [3.8, 4) is 11.1 Å². The Morgan fingerprint density at radius 1 is 1.12 bits per heavy atom. The van der Waals surface area contributed by atoms with Crippen molar-refractivity contribution in [3.63, 3.8) is 0 Å². The molecule has 1 heterocycles. The number of ether oxygens (including phenoxy) is 1. The zero-order valence-electron chi connectivity index (χ0n) is 12.6. The summed E-state index contributed by atoms with van der Waals surface area (Å²) in [5.41, 5.74) is 0.425. The van der Waals surface area contributed by atoms with Gasteiger partial charge in [0, 0.05) is 23.7 Å². The Kier molecular flexibility index (Phi) is 4.20. The third kappa shape index (κ3) is 2.82. The molecule has 3 aromatic rings. The molecule has 3 rings (SSSR count). The molecule has 0 saturated carbocycles. The molecule has 24 heavy (non-hydrogen) atoms. The summed E-state index contributed by atoms with van der Waals surface area (Å²) < 4.78 is 46.3. The van der Waals surface area contributed by atoms with E-state index in [2.05, 4.69) is 4.98 Å². The Morgan fingerprint density at radius 2 is 1.83 bits per heavy atom. The van der Waals surface area contributed by atoms with Gasteiger partial charge in [0.15, 0.2) is 0 Å². The standard InChI is InChI=1S/C18H12F3NO2/c1-2-24-18(23)10-6-13-12(4-3-5-16(13)22-9-10)17-14(20)7-11(19)8-15(17)21/h3-9H,2H2,1H3. The second kappa shape index (κ2) is 6.31. The molecule has 0 aliphatic rings. The molecule has 6 heteroatoms. The minimum atomic E-state index is -1.03. The lowest BCUT2D eigenvalue weighted by molar-refractivity contribution is 0.0526. The van der Waals surface area contributed by atoms with E-state index < -0.39 is 23.4 Å². The van der Waals surface area contributed by atoms with Gasteiger partial charge in [-0.1, -0.05) is 12.1 Å². The molecule has 3 nitrogen and oxygen atoms in total. The molecule has 0 fully saturated rings. The first-order valence-electron chi connectivity index (χ1n) is 7.22. The number of halogens is 3. The number of esters is 1. The predicted molar refractivity (Wildman–Crippen MR) is 83.0 cm³/mol. The largest absolute Gasteiger partial charge is 0.462 e. The van der Waals surface area contributed by atoms with Gasteiger partial charge in [-0.3, -0.25) is 4.98 Å². The van der Waals surface area contributed by atoms with Crippen LogP contribution in [0.3, 0.4) is 0 Å². The van der Waals surface area contributed by atoms with Crippen LogP contribution in [0.1, 0.15) is 17.3 Å². The van der Waals surface area contributed by atoms with Crippen molar-refractivity contribution in [2.45, 2.75) is 6.92 Å². The number of pyridine rings is 1. The maximum atomic E-state index is 14.1. The average Bonchev–Trinajstić information content (AvgIpc) is 2.54. The maximum Gasteiger partial charge on any atom is 0.339 e. The van der Waals surface area contributed by atoms with Crippen molar-refractivity contribution < 1.29 is 22.7 Å². The highest BCUT2D eigenvalue weighted by atomic mass is 19.1. The van der Waals surface area contributed by atoms with E-state index in [1.807, 2.05) is 0 Å². The van der Waals surface area contributed by atoms with Gasteiger partial charge in [-0.25, -0.2) is 18.0 Å². The second-order valence-corrected chi connectivity index (χ2v) is 5.06. The predicted octanol–water partition coefficient (Wildman–Crippen LogP) is 4.50. The zero-order chi connectivity index (χ0) is 17.3. The summed E-state index contributed by atoms with van der Waals surface area (Å²) in [6.45, 7) is 1.86. The highest BCUT2D eigenvalue weighted by Crippen LogP contribution is 2.32. The van der Waals surface area contributed by atoms with Crippen LogP contribution in [0.2, 0.25) is 0 Å². The number of nitrogens with zero attached hydrogens (tertiary/aromatic N) is 1. The molecule has 0 N–H and O–H groups in total. The molecule has 0 aliphatic heterocycles. The first-order chi connectivity index (χ1) is 11.5. The zero-order valence-corrected chi connectivity index (χ0v) is 12.6. The maximum absolute atomic E-state index is 14.1. The Labute approximate surface area is 135 Å². The number of benzene rings is 2. The van der Waals surface area contributed by atoms with Crippen LogP contribution in [0, 0.1) is 17.5 Å². The van der Waals surface area contributed by atoms with Gasteiger partial charge in [-0.15, -0.1) is 0 Å². The topological polar surface area (TPSA) is 39.2 Å². The smallest absolute Gasteiger partial charge is 0.339 e. The van der Waals surface area contributed by atoms with Gasteiger partial charge in [0.25, 0.3) is 0 Å². The molecular weight excluding hydrogens is 319 g/mol. The van der Waals surface area contributed by atoms with Gasteiger partial charge in [-0.05, 0) is 24.6 Å². The second-order valence-electron chi connectivity index (χ2n) is 5.06. The SMILES string of the molecule is CCOC(=O)c1cnc2cccc(-c3c(F)cc(F)cc3F)c2c1. The van der Waals surface area contributed by atoms with Gasteiger partial charge in [0.2, 0.25) is 0 Å². The van der Waals surface area contributed by atoms with E-state index >= 15 is 0 Å². The first kappa shape index (κ1) is 16.0. The summed E-state index contributed by atoms with van der Waals surface area (Å²) in [5, 5.41) is 0.368. The molecule has 0 unspecified atom stereocenters. The van der Waals surface area contributed by atoms with E-state index in [1.165, 1.54) is 18.3 Å². The lowest BCUT2D eigenvalue weighted by Gasteiger charge is -2.10. The fourth-order valence-corrected chi connectivity index (χ4v) is 2.49. The quantitative estimate of drug-likeness (QED) is 0.664. The summed E-state index contributed by atoms with van der Waals surface area (Å²) in [4.78, 5) is 16.0. The Hall–Kier alpha value is -2.89. The van der Waals surface area contributed by atoms with Crippen LogP contribution in [0.5, 0.6) is 0 Å². The number of hydrogen-bond donors (Lipinski definition) is 0. The molecule has 1 aromatic heterocycles. The van der Waals surface area contributed by atoms with Gasteiger partial charge < -0.3 is 4.74 Å². The Balaban J connectivity index is 2.25. The summed E-state index contributed by atoms with van der Waals surface area (Å²) in [7, 11) is 0. The molecule has 0 saturated heterocycles. The van der Waals surface area contributed by atoms with Gasteiger partial charge in [0.05, 0.1) is 23.3 Å². The summed E-state index contributed by atoms with van der Waals surface area (Å²) in [6.07, 6.45) is 1.33. The molecule has 0 radical (unpaired) electrons. The van der Waals surface area contributed by atoms with E-state index in [9.17, 15) is 18.0 Å². The van der Waals surface area contributed by atoms with Gasteiger partial charge in [-0.2, -0.15) is 0 Å².